The van der Waals surface area contributed by atoms with Gasteiger partial charge in [-0.2, -0.15) is 0 Å². The van der Waals surface area contributed by atoms with E-state index in [4.69, 9.17) is 9.15 Å². The number of alkyl halides is 1. The van der Waals surface area contributed by atoms with E-state index in [0.29, 0.717) is 0 Å². The van der Waals surface area contributed by atoms with Gasteiger partial charge in [-0.05, 0) is 37.1 Å². The third-order valence-electron chi connectivity index (χ3n) is 2.88. The Hall–Kier alpha value is -1.22. The summed E-state index contributed by atoms with van der Waals surface area (Å²) in [5.74, 6) is 1.86. The molecule has 1 unspecified atom stereocenters. The standard InChI is InChI=1S/C14H15BrO2/c1-9-8-11(4-5-13(9)16-3)14(15)12-6-7-17-10(12)2/h4-8,14H,1-3H3. The van der Waals surface area contributed by atoms with Crippen LogP contribution in [-0.2, 0) is 0 Å². The van der Waals surface area contributed by atoms with Gasteiger partial charge in [0.1, 0.15) is 11.5 Å². The van der Waals surface area contributed by atoms with Crippen LogP contribution in [0.2, 0.25) is 0 Å². The predicted octanol–water partition coefficient (Wildman–Crippen LogP) is 4.39. The minimum absolute atomic E-state index is 0.158. The normalized spacial score (nSPS) is 12.5. The molecule has 0 saturated heterocycles. The number of rotatable bonds is 3. The van der Waals surface area contributed by atoms with Gasteiger partial charge in [0.25, 0.3) is 0 Å². The van der Waals surface area contributed by atoms with Crippen LogP contribution < -0.4 is 4.74 Å². The molecule has 0 amide bonds. The van der Waals surface area contributed by atoms with Crippen LogP contribution in [0.15, 0.2) is 34.9 Å². The van der Waals surface area contributed by atoms with Gasteiger partial charge in [0.15, 0.2) is 0 Å². The molecule has 0 saturated carbocycles. The van der Waals surface area contributed by atoms with Crippen molar-refractivity contribution in [3.63, 3.8) is 0 Å². The first-order valence-electron chi connectivity index (χ1n) is 5.46. The predicted molar refractivity (Wildman–Crippen MR) is 71.9 cm³/mol. The molecule has 2 nitrogen and oxygen atoms in total. The summed E-state index contributed by atoms with van der Waals surface area (Å²) in [6.45, 7) is 4.02. The molecule has 1 atom stereocenters. The Labute approximate surface area is 110 Å². The van der Waals surface area contributed by atoms with E-state index in [1.165, 1.54) is 5.56 Å². The van der Waals surface area contributed by atoms with Crippen LogP contribution in [0.4, 0.5) is 0 Å². The van der Waals surface area contributed by atoms with Crippen molar-refractivity contribution in [2.24, 2.45) is 0 Å². The maximum atomic E-state index is 5.33. The summed E-state index contributed by atoms with van der Waals surface area (Å²) < 4.78 is 10.6. The van der Waals surface area contributed by atoms with E-state index in [1.807, 2.05) is 26.0 Å². The fourth-order valence-corrected chi connectivity index (χ4v) is 2.66. The SMILES string of the molecule is COc1ccc(C(Br)c2ccoc2C)cc1C. The van der Waals surface area contributed by atoms with Gasteiger partial charge in [-0.1, -0.05) is 28.1 Å². The summed E-state index contributed by atoms with van der Waals surface area (Å²) in [6, 6.07) is 8.19. The third kappa shape index (κ3) is 2.39. The molecule has 3 heteroatoms. The fraction of sp³-hybridized carbons (Fsp3) is 0.286. The molecule has 0 aliphatic rings. The summed E-state index contributed by atoms with van der Waals surface area (Å²) in [7, 11) is 1.69. The van der Waals surface area contributed by atoms with Gasteiger partial charge >= 0.3 is 0 Å². The molecule has 0 fully saturated rings. The van der Waals surface area contributed by atoms with Crippen molar-refractivity contribution in [2.45, 2.75) is 18.7 Å². The zero-order valence-corrected chi connectivity index (χ0v) is 11.7. The van der Waals surface area contributed by atoms with E-state index in [0.717, 1.165) is 22.6 Å². The number of furan rings is 1. The third-order valence-corrected chi connectivity index (χ3v) is 3.91. The van der Waals surface area contributed by atoms with Crippen molar-refractivity contribution < 1.29 is 9.15 Å². The van der Waals surface area contributed by atoms with Gasteiger partial charge in [-0.25, -0.2) is 0 Å². The Kier molecular flexibility index (Phi) is 3.57. The van der Waals surface area contributed by atoms with E-state index >= 15 is 0 Å². The van der Waals surface area contributed by atoms with E-state index in [1.54, 1.807) is 13.4 Å². The van der Waals surface area contributed by atoms with Gasteiger partial charge in [0.2, 0.25) is 0 Å². The number of hydrogen-bond donors (Lipinski definition) is 0. The monoisotopic (exact) mass is 294 g/mol. The molecule has 0 N–H and O–H groups in total. The van der Waals surface area contributed by atoms with Crippen molar-refractivity contribution in [3.05, 3.63) is 53.0 Å². The lowest BCUT2D eigenvalue weighted by Gasteiger charge is -2.12. The van der Waals surface area contributed by atoms with Gasteiger partial charge in [-0.3, -0.25) is 0 Å². The van der Waals surface area contributed by atoms with Crippen molar-refractivity contribution >= 4 is 15.9 Å². The van der Waals surface area contributed by atoms with E-state index < -0.39 is 0 Å². The van der Waals surface area contributed by atoms with Gasteiger partial charge < -0.3 is 9.15 Å². The van der Waals surface area contributed by atoms with Crippen LogP contribution in [-0.4, -0.2) is 7.11 Å². The van der Waals surface area contributed by atoms with E-state index in [9.17, 15) is 0 Å². The topological polar surface area (TPSA) is 22.4 Å². The molecule has 2 aromatic rings. The van der Waals surface area contributed by atoms with Crippen molar-refractivity contribution in [1.82, 2.24) is 0 Å². The fourth-order valence-electron chi connectivity index (χ4n) is 1.90. The minimum Gasteiger partial charge on any atom is -0.496 e. The molecule has 2 rings (SSSR count). The summed E-state index contributed by atoms with van der Waals surface area (Å²) in [5, 5.41) is 0. The average molecular weight is 295 g/mol. The molecule has 1 heterocycles. The Balaban J connectivity index is 2.35. The lowest BCUT2D eigenvalue weighted by atomic mass is 10.0. The number of methoxy groups -OCH3 is 1. The average Bonchev–Trinajstić information content (AvgIpc) is 2.74. The maximum absolute atomic E-state index is 5.33. The van der Waals surface area contributed by atoms with Crippen molar-refractivity contribution in [1.29, 1.82) is 0 Å². The van der Waals surface area contributed by atoms with Crippen LogP contribution in [0.3, 0.4) is 0 Å². The maximum Gasteiger partial charge on any atom is 0.121 e. The summed E-state index contributed by atoms with van der Waals surface area (Å²) >= 11 is 3.70. The van der Waals surface area contributed by atoms with Crippen molar-refractivity contribution in [2.75, 3.05) is 7.11 Å². The van der Waals surface area contributed by atoms with Crippen LogP contribution in [0.25, 0.3) is 0 Å². The Morgan fingerprint density at radius 1 is 1.24 bits per heavy atom. The van der Waals surface area contributed by atoms with Gasteiger partial charge in [0.05, 0.1) is 18.2 Å². The zero-order chi connectivity index (χ0) is 12.4. The highest BCUT2D eigenvalue weighted by atomic mass is 79.9. The number of halogens is 1. The molecule has 0 bridgehead atoms. The molecular formula is C14H15BrO2. The molecular weight excluding hydrogens is 280 g/mol. The molecule has 90 valence electrons. The highest BCUT2D eigenvalue weighted by Gasteiger charge is 2.15. The summed E-state index contributed by atoms with van der Waals surface area (Å²) in [5.41, 5.74) is 3.50. The number of aryl methyl sites for hydroxylation is 2. The highest BCUT2D eigenvalue weighted by Crippen LogP contribution is 2.35. The van der Waals surface area contributed by atoms with Crippen LogP contribution >= 0.6 is 15.9 Å². The number of benzene rings is 1. The second-order valence-corrected chi connectivity index (χ2v) is 4.94. The smallest absolute Gasteiger partial charge is 0.121 e. The Bertz CT molecular complexity index is 517. The van der Waals surface area contributed by atoms with E-state index in [2.05, 4.69) is 28.1 Å². The molecule has 1 aromatic heterocycles. The molecule has 0 spiro atoms. The van der Waals surface area contributed by atoms with E-state index in [-0.39, 0.29) is 4.83 Å². The zero-order valence-electron chi connectivity index (χ0n) is 10.2. The van der Waals surface area contributed by atoms with Crippen molar-refractivity contribution in [3.8, 4) is 5.75 Å². The molecule has 0 aliphatic carbocycles. The lowest BCUT2D eigenvalue weighted by Crippen LogP contribution is -1.95. The van der Waals surface area contributed by atoms with Crippen LogP contribution in [0.5, 0.6) is 5.75 Å². The van der Waals surface area contributed by atoms with Gasteiger partial charge in [-0.15, -0.1) is 0 Å². The Morgan fingerprint density at radius 3 is 2.53 bits per heavy atom. The van der Waals surface area contributed by atoms with Crippen LogP contribution in [0.1, 0.15) is 27.3 Å². The quantitative estimate of drug-likeness (QED) is 0.784. The molecule has 0 radical (unpaired) electrons. The molecule has 1 aromatic carbocycles. The number of ether oxygens (including phenoxy) is 1. The molecule has 0 aliphatic heterocycles. The van der Waals surface area contributed by atoms with Crippen LogP contribution in [0, 0.1) is 13.8 Å². The molecule has 17 heavy (non-hydrogen) atoms. The first-order valence-corrected chi connectivity index (χ1v) is 6.37. The second-order valence-electron chi connectivity index (χ2n) is 4.02. The minimum atomic E-state index is 0.158. The van der Waals surface area contributed by atoms with Gasteiger partial charge in [0, 0.05) is 5.56 Å². The summed E-state index contributed by atoms with van der Waals surface area (Å²) in [4.78, 5) is 0.158. The number of hydrogen-bond acceptors (Lipinski definition) is 2. The largest absolute Gasteiger partial charge is 0.496 e. The lowest BCUT2D eigenvalue weighted by molar-refractivity contribution is 0.411. The summed E-state index contributed by atoms with van der Waals surface area (Å²) in [6.07, 6.45) is 1.72. The Morgan fingerprint density at radius 2 is 2.00 bits per heavy atom. The highest BCUT2D eigenvalue weighted by molar-refractivity contribution is 9.09. The second kappa shape index (κ2) is 4.96. The first-order chi connectivity index (χ1) is 8.13. The first kappa shape index (κ1) is 12.2.